The number of carboxylic acids is 1. The molecule has 0 aliphatic carbocycles. The van der Waals surface area contributed by atoms with Gasteiger partial charge >= 0.3 is 18.0 Å². The van der Waals surface area contributed by atoms with E-state index in [1.54, 1.807) is 13.2 Å². The van der Waals surface area contributed by atoms with Gasteiger partial charge in [0.15, 0.2) is 6.10 Å². The number of urea groups is 1. The van der Waals surface area contributed by atoms with Crippen molar-refractivity contribution in [1.82, 2.24) is 10.6 Å². The molecule has 0 radical (unpaired) electrons. The van der Waals surface area contributed by atoms with E-state index >= 15 is 0 Å². The number of aryl methyl sites for hydroxylation is 1. The Morgan fingerprint density at radius 3 is 2.27 bits per heavy atom. The van der Waals surface area contributed by atoms with Gasteiger partial charge < -0.3 is 25.0 Å². The van der Waals surface area contributed by atoms with Crippen LogP contribution >= 0.6 is 11.6 Å². The normalized spacial score (nSPS) is 13.5. The van der Waals surface area contributed by atoms with Crippen molar-refractivity contribution < 1.29 is 38.9 Å². The molecule has 0 bridgehead atoms. The van der Waals surface area contributed by atoms with E-state index in [-0.39, 0.29) is 24.8 Å². The van der Waals surface area contributed by atoms with Crippen LogP contribution in [0, 0.1) is 24.7 Å². The summed E-state index contributed by atoms with van der Waals surface area (Å²) in [5.74, 6) is -2.57. The topological polar surface area (TPSA) is 151 Å². The highest BCUT2D eigenvalue weighted by molar-refractivity contribution is 6.32. The van der Waals surface area contributed by atoms with Crippen LogP contribution in [0.3, 0.4) is 0 Å². The number of esters is 1. The van der Waals surface area contributed by atoms with Gasteiger partial charge in [-0.05, 0) is 73.8 Å². The Bertz CT molecular complexity index is 1250. The molecule has 248 valence electrons. The van der Waals surface area contributed by atoms with Gasteiger partial charge in [-0.15, -0.1) is 0 Å². The van der Waals surface area contributed by atoms with Crippen LogP contribution in [0.1, 0.15) is 58.1 Å². The van der Waals surface area contributed by atoms with Gasteiger partial charge in [0.25, 0.3) is 5.91 Å². The number of benzene rings is 2. The van der Waals surface area contributed by atoms with E-state index in [2.05, 4.69) is 10.6 Å². The summed E-state index contributed by atoms with van der Waals surface area (Å²) >= 11 is 5.80. The molecule has 11 heteroatoms. The third kappa shape index (κ3) is 16.7. The predicted octanol–water partition coefficient (Wildman–Crippen LogP) is 5.72. The van der Waals surface area contributed by atoms with Gasteiger partial charge in [0.1, 0.15) is 5.75 Å². The minimum absolute atomic E-state index is 0.0322. The number of aliphatic carboxylic acids is 1. The SMILES string of the molecule is CC(C)CC(OC(=O)C(C)CNC(=O)NC(=O)/C=C/CCC(C)C(O)Cc1ccccc1)C(=O)O.COc1ccc(C)cc1Cl. The molecule has 2 rings (SSSR count). The number of ether oxygens (including phenoxy) is 2. The molecule has 4 unspecified atom stereocenters. The number of aliphatic hydroxyl groups excluding tert-OH is 1. The van der Waals surface area contributed by atoms with Crippen LogP contribution in [0.2, 0.25) is 5.02 Å². The molecular formula is C34H47ClN2O8. The fraction of sp³-hybridized carbons (Fsp3) is 0.471. The first-order valence-corrected chi connectivity index (χ1v) is 15.3. The maximum absolute atomic E-state index is 12.1. The Labute approximate surface area is 271 Å². The number of rotatable bonds is 15. The van der Waals surface area contributed by atoms with Crippen LogP contribution in [0.4, 0.5) is 4.79 Å². The Morgan fingerprint density at radius 2 is 1.69 bits per heavy atom. The third-order valence-corrected chi connectivity index (χ3v) is 7.03. The number of imide groups is 1. The minimum Gasteiger partial charge on any atom is -0.495 e. The van der Waals surface area contributed by atoms with E-state index in [0.717, 1.165) is 16.9 Å². The smallest absolute Gasteiger partial charge is 0.345 e. The number of amides is 3. The first-order valence-electron chi connectivity index (χ1n) is 14.9. The Balaban J connectivity index is 0.000000852. The molecule has 0 heterocycles. The van der Waals surface area contributed by atoms with Crippen molar-refractivity contribution >= 4 is 35.5 Å². The summed E-state index contributed by atoms with van der Waals surface area (Å²) in [5.41, 5.74) is 2.21. The van der Waals surface area contributed by atoms with E-state index in [1.165, 1.54) is 13.0 Å². The Hall–Kier alpha value is -3.89. The third-order valence-electron chi connectivity index (χ3n) is 6.74. The molecule has 0 aromatic heterocycles. The predicted molar refractivity (Wildman–Crippen MR) is 174 cm³/mol. The molecule has 3 amide bonds. The van der Waals surface area contributed by atoms with Crippen LogP contribution in [0.5, 0.6) is 5.75 Å². The van der Waals surface area contributed by atoms with E-state index < -0.39 is 42.0 Å². The maximum atomic E-state index is 12.1. The molecule has 4 N–H and O–H groups in total. The van der Waals surface area contributed by atoms with E-state index in [4.69, 9.17) is 26.2 Å². The summed E-state index contributed by atoms with van der Waals surface area (Å²) in [6, 6.07) is 14.6. The molecule has 0 aliphatic heterocycles. The van der Waals surface area contributed by atoms with Crippen LogP contribution in [-0.4, -0.2) is 60.0 Å². The first kappa shape index (κ1) is 39.1. The minimum atomic E-state index is -1.24. The number of methoxy groups -OCH3 is 1. The van der Waals surface area contributed by atoms with E-state index in [1.807, 2.05) is 76.2 Å². The summed E-state index contributed by atoms with van der Waals surface area (Å²) in [6.07, 6.45) is 3.14. The van der Waals surface area contributed by atoms with Gasteiger partial charge in [-0.1, -0.05) is 81.8 Å². The number of aliphatic hydroxyl groups is 1. The number of carbonyl (C=O) groups excluding carboxylic acids is 3. The lowest BCUT2D eigenvalue weighted by Gasteiger charge is -2.18. The summed E-state index contributed by atoms with van der Waals surface area (Å²) in [4.78, 5) is 47.1. The molecular weight excluding hydrogens is 600 g/mol. The van der Waals surface area contributed by atoms with Crippen molar-refractivity contribution in [3.8, 4) is 5.75 Å². The highest BCUT2D eigenvalue weighted by atomic mass is 35.5. The molecule has 4 atom stereocenters. The molecule has 0 saturated heterocycles. The van der Waals surface area contributed by atoms with Crippen LogP contribution in [0.25, 0.3) is 0 Å². The highest BCUT2D eigenvalue weighted by Gasteiger charge is 2.26. The van der Waals surface area contributed by atoms with Gasteiger partial charge in [-0.2, -0.15) is 0 Å². The van der Waals surface area contributed by atoms with Crippen LogP contribution in [0.15, 0.2) is 60.7 Å². The monoisotopic (exact) mass is 646 g/mol. The van der Waals surface area contributed by atoms with Gasteiger partial charge in [-0.3, -0.25) is 14.9 Å². The average Bonchev–Trinajstić information content (AvgIpc) is 2.98. The van der Waals surface area contributed by atoms with E-state index in [9.17, 15) is 24.3 Å². The molecule has 45 heavy (non-hydrogen) atoms. The molecule has 10 nitrogen and oxygen atoms in total. The fourth-order valence-electron chi connectivity index (χ4n) is 3.98. The van der Waals surface area contributed by atoms with Crippen molar-refractivity contribution in [2.24, 2.45) is 17.8 Å². The Kier molecular flexibility index (Phi) is 18.2. The van der Waals surface area contributed by atoms with Crippen molar-refractivity contribution in [3.05, 3.63) is 76.8 Å². The number of nitrogens with one attached hydrogen (secondary N) is 2. The van der Waals surface area contributed by atoms with Crippen molar-refractivity contribution in [2.75, 3.05) is 13.7 Å². The van der Waals surface area contributed by atoms with Gasteiger partial charge in [0.05, 0.1) is 24.2 Å². The second-order valence-corrected chi connectivity index (χ2v) is 11.8. The largest absolute Gasteiger partial charge is 0.495 e. The van der Waals surface area contributed by atoms with Gasteiger partial charge in [0.2, 0.25) is 0 Å². The number of allylic oxidation sites excluding steroid dienone is 1. The number of hydrogen-bond donors (Lipinski definition) is 4. The quantitative estimate of drug-likeness (QED) is 0.142. The number of carboxylic acid groups (broad SMARTS) is 1. The van der Waals surface area contributed by atoms with Crippen molar-refractivity contribution in [3.63, 3.8) is 0 Å². The van der Waals surface area contributed by atoms with Crippen LogP contribution in [-0.2, 0) is 25.5 Å². The summed E-state index contributed by atoms with van der Waals surface area (Å²) in [7, 11) is 1.61. The number of carbonyl (C=O) groups is 4. The summed E-state index contributed by atoms with van der Waals surface area (Å²) < 4.78 is 9.99. The molecule has 2 aromatic rings. The molecule has 0 fully saturated rings. The first-order chi connectivity index (χ1) is 21.2. The molecule has 2 aromatic carbocycles. The van der Waals surface area contributed by atoms with Crippen LogP contribution < -0.4 is 15.4 Å². The lowest BCUT2D eigenvalue weighted by atomic mass is 9.94. The van der Waals surface area contributed by atoms with Gasteiger partial charge in [-0.25, -0.2) is 9.59 Å². The zero-order chi connectivity index (χ0) is 33.9. The standard InChI is InChI=1S/C26H38N2O7.C8H9ClO/c1-17(2)14-22(24(31)32)35-25(33)19(4)16-27-26(34)28-23(30)13-9-8-10-18(3)21(29)15-20-11-6-5-7-12-20;1-6-3-4-8(10-2)7(9)5-6/h5-7,9,11-13,17-19,21-22,29H,8,10,14-16H2,1-4H3,(H,31,32)(H2,27,28,30,34);3-5H,1-2H3/b13-9+;. The van der Waals surface area contributed by atoms with E-state index in [0.29, 0.717) is 24.3 Å². The average molecular weight is 647 g/mol. The zero-order valence-electron chi connectivity index (χ0n) is 26.9. The molecule has 0 spiro atoms. The zero-order valence-corrected chi connectivity index (χ0v) is 27.7. The highest BCUT2D eigenvalue weighted by Crippen LogP contribution is 2.24. The lowest BCUT2D eigenvalue weighted by Crippen LogP contribution is -2.42. The fourth-order valence-corrected chi connectivity index (χ4v) is 4.29. The van der Waals surface area contributed by atoms with Gasteiger partial charge in [0, 0.05) is 6.54 Å². The Morgan fingerprint density at radius 1 is 1.02 bits per heavy atom. The maximum Gasteiger partial charge on any atom is 0.345 e. The number of hydrogen-bond acceptors (Lipinski definition) is 7. The number of halogens is 1. The summed E-state index contributed by atoms with van der Waals surface area (Å²) in [6.45, 7) is 8.95. The second kappa shape index (κ2) is 21.0. The second-order valence-electron chi connectivity index (χ2n) is 11.3. The van der Waals surface area contributed by atoms with Crippen molar-refractivity contribution in [1.29, 1.82) is 0 Å². The lowest BCUT2D eigenvalue weighted by molar-refractivity contribution is -0.167. The van der Waals surface area contributed by atoms with Crippen molar-refractivity contribution in [2.45, 2.75) is 72.5 Å². The molecule has 0 saturated carbocycles. The molecule has 0 aliphatic rings. The summed E-state index contributed by atoms with van der Waals surface area (Å²) in [5, 5.41) is 24.7.